The van der Waals surface area contributed by atoms with Crippen LogP contribution in [0, 0.1) is 0 Å². The highest BCUT2D eigenvalue weighted by Crippen LogP contribution is 2.19. The molecule has 1 fully saturated rings. The molecule has 1 aliphatic rings. The van der Waals surface area contributed by atoms with E-state index in [1.54, 1.807) is 11.6 Å². The molecule has 0 aliphatic carbocycles. The van der Waals surface area contributed by atoms with Crippen molar-refractivity contribution >= 4 is 29.0 Å². The number of hydrogen-bond donors (Lipinski definition) is 4. The smallest absolute Gasteiger partial charge is 0.407 e. The van der Waals surface area contributed by atoms with Gasteiger partial charge in [0.05, 0.1) is 6.10 Å². The number of ether oxygens (including phenoxy) is 2. The lowest BCUT2D eigenvalue weighted by Gasteiger charge is -2.22. The molecule has 9 nitrogen and oxygen atoms in total. The fourth-order valence-electron chi connectivity index (χ4n) is 4.41. The molecule has 196 valence electrons. The minimum absolute atomic E-state index is 0.0797. The van der Waals surface area contributed by atoms with Gasteiger partial charge >= 0.3 is 6.09 Å². The standard InChI is InChI=1S/C28H34N4O5/c33-27(31-35)12-11-21-7-9-22(10-8-21)20-32(14-13-23-18-29-26-6-2-1-5-25(23)26)15-17-37-28(34)30-19-24-4-3-16-36-24/h1-2,5-12,18,24,29,35H,3-4,13-17,19-20H2,(H,30,34)(H,31,33). The molecule has 2 heterocycles. The van der Waals surface area contributed by atoms with Crippen LogP contribution < -0.4 is 10.8 Å². The van der Waals surface area contributed by atoms with Crippen molar-refractivity contribution in [1.29, 1.82) is 0 Å². The van der Waals surface area contributed by atoms with Crippen LogP contribution >= 0.6 is 0 Å². The van der Waals surface area contributed by atoms with Crippen LogP contribution in [-0.2, 0) is 27.2 Å². The quantitative estimate of drug-likeness (QED) is 0.169. The zero-order chi connectivity index (χ0) is 25.9. The minimum Gasteiger partial charge on any atom is -0.448 e. The van der Waals surface area contributed by atoms with Crippen molar-refractivity contribution in [1.82, 2.24) is 20.7 Å². The Hall–Kier alpha value is -3.66. The Balaban J connectivity index is 1.33. The third-order valence-corrected chi connectivity index (χ3v) is 6.43. The second-order valence-corrected chi connectivity index (χ2v) is 9.09. The first-order valence-corrected chi connectivity index (χ1v) is 12.6. The fourth-order valence-corrected chi connectivity index (χ4v) is 4.41. The van der Waals surface area contributed by atoms with Crippen molar-refractivity contribution in [2.75, 3.05) is 32.8 Å². The highest BCUT2D eigenvalue weighted by molar-refractivity contribution is 5.90. The number of alkyl carbamates (subject to hydrolysis) is 1. The lowest BCUT2D eigenvalue weighted by atomic mass is 10.1. The summed E-state index contributed by atoms with van der Waals surface area (Å²) in [6.07, 6.45) is 7.46. The van der Waals surface area contributed by atoms with Gasteiger partial charge in [-0.25, -0.2) is 10.3 Å². The van der Waals surface area contributed by atoms with E-state index in [1.165, 1.54) is 17.0 Å². The van der Waals surface area contributed by atoms with Gasteiger partial charge < -0.3 is 19.8 Å². The first-order valence-electron chi connectivity index (χ1n) is 12.6. The average molecular weight is 507 g/mol. The molecule has 2 amide bonds. The van der Waals surface area contributed by atoms with E-state index in [1.807, 2.05) is 36.4 Å². The van der Waals surface area contributed by atoms with Gasteiger partial charge in [-0.1, -0.05) is 42.5 Å². The minimum atomic E-state index is -0.577. The Labute approximate surface area is 216 Å². The highest BCUT2D eigenvalue weighted by atomic mass is 16.5. The maximum Gasteiger partial charge on any atom is 0.407 e. The zero-order valence-electron chi connectivity index (χ0n) is 20.8. The monoisotopic (exact) mass is 506 g/mol. The summed E-state index contributed by atoms with van der Waals surface area (Å²) in [6, 6.07) is 16.1. The van der Waals surface area contributed by atoms with Crippen LogP contribution in [0.15, 0.2) is 60.8 Å². The van der Waals surface area contributed by atoms with Crippen LogP contribution in [0.2, 0.25) is 0 Å². The van der Waals surface area contributed by atoms with Gasteiger partial charge in [0.2, 0.25) is 0 Å². The largest absolute Gasteiger partial charge is 0.448 e. The number of para-hydroxylation sites is 1. The number of carbonyl (C=O) groups excluding carboxylic acids is 2. The van der Waals surface area contributed by atoms with Crippen molar-refractivity contribution in [2.24, 2.45) is 0 Å². The highest BCUT2D eigenvalue weighted by Gasteiger charge is 2.17. The number of nitrogens with zero attached hydrogens (tertiary/aromatic N) is 1. The number of aromatic nitrogens is 1. The van der Waals surface area contributed by atoms with E-state index in [2.05, 4.69) is 33.5 Å². The Morgan fingerprint density at radius 3 is 2.78 bits per heavy atom. The number of benzene rings is 2. The molecule has 1 aromatic heterocycles. The summed E-state index contributed by atoms with van der Waals surface area (Å²) in [6.45, 7) is 3.58. The molecule has 4 N–H and O–H groups in total. The third kappa shape index (κ3) is 8.18. The molecule has 2 aromatic carbocycles. The summed E-state index contributed by atoms with van der Waals surface area (Å²) < 4.78 is 11.0. The van der Waals surface area contributed by atoms with Gasteiger partial charge in [0.15, 0.2) is 0 Å². The molecule has 1 atom stereocenters. The van der Waals surface area contributed by atoms with Gasteiger partial charge in [0, 0.05) is 56.0 Å². The van der Waals surface area contributed by atoms with E-state index in [-0.39, 0.29) is 12.7 Å². The zero-order valence-corrected chi connectivity index (χ0v) is 20.8. The van der Waals surface area contributed by atoms with Gasteiger partial charge in [0.1, 0.15) is 6.61 Å². The SMILES string of the molecule is O=C(C=Cc1ccc(CN(CCOC(=O)NCC2CCCO2)CCc2c[nH]c3ccccc23)cc1)NO. The summed E-state index contributed by atoms with van der Waals surface area (Å²) in [7, 11) is 0. The number of rotatable bonds is 12. The van der Waals surface area contributed by atoms with Gasteiger partial charge in [0.25, 0.3) is 5.91 Å². The fraction of sp³-hybridized carbons (Fsp3) is 0.357. The molecule has 1 aliphatic heterocycles. The summed E-state index contributed by atoms with van der Waals surface area (Å²) in [5, 5.41) is 12.6. The molecule has 0 spiro atoms. The maximum atomic E-state index is 12.1. The summed E-state index contributed by atoms with van der Waals surface area (Å²) in [5.74, 6) is -0.577. The number of hydroxylamine groups is 1. The molecule has 1 unspecified atom stereocenters. The Bertz CT molecular complexity index is 1180. The van der Waals surface area contributed by atoms with Gasteiger partial charge in [-0.3, -0.25) is 14.9 Å². The molecule has 37 heavy (non-hydrogen) atoms. The molecule has 0 saturated carbocycles. The first kappa shape index (κ1) is 26.4. The van der Waals surface area contributed by atoms with Crippen LogP contribution in [0.1, 0.15) is 29.5 Å². The molecule has 9 heteroatoms. The molecular weight excluding hydrogens is 472 g/mol. The van der Waals surface area contributed by atoms with Crippen molar-refractivity contribution in [3.05, 3.63) is 77.5 Å². The predicted octanol–water partition coefficient (Wildman–Crippen LogP) is 3.64. The van der Waals surface area contributed by atoms with Crippen LogP contribution in [0.4, 0.5) is 4.79 Å². The lowest BCUT2D eigenvalue weighted by molar-refractivity contribution is -0.124. The second kappa shape index (κ2) is 13.6. The number of aromatic amines is 1. The summed E-state index contributed by atoms with van der Waals surface area (Å²) in [4.78, 5) is 28.9. The van der Waals surface area contributed by atoms with E-state index in [4.69, 9.17) is 14.7 Å². The number of nitrogens with one attached hydrogen (secondary N) is 3. The Morgan fingerprint density at radius 2 is 2.00 bits per heavy atom. The van der Waals surface area contributed by atoms with E-state index in [9.17, 15) is 9.59 Å². The van der Waals surface area contributed by atoms with Crippen molar-refractivity contribution in [3.63, 3.8) is 0 Å². The number of carbonyl (C=O) groups is 2. The van der Waals surface area contributed by atoms with Crippen LogP contribution in [0.3, 0.4) is 0 Å². The van der Waals surface area contributed by atoms with Crippen LogP contribution in [0.25, 0.3) is 17.0 Å². The maximum absolute atomic E-state index is 12.1. The summed E-state index contributed by atoms with van der Waals surface area (Å²) >= 11 is 0. The van der Waals surface area contributed by atoms with Gasteiger partial charge in [-0.2, -0.15) is 0 Å². The van der Waals surface area contributed by atoms with Crippen LogP contribution in [0.5, 0.6) is 0 Å². The van der Waals surface area contributed by atoms with E-state index in [0.717, 1.165) is 49.1 Å². The molecule has 3 aromatic rings. The normalized spacial score (nSPS) is 15.5. The molecule has 4 rings (SSSR count). The molecule has 0 radical (unpaired) electrons. The average Bonchev–Trinajstić information content (AvgIpc) is 3.60. The van der Waals surface area contributed by atoms with E-state index < -0.39 is 12.0 Å². The third-order valence-electron chi connectivity index (χ3n) is 6.43. The molecule has 1 saturated heterocycles. The van der Waals surface area contributed by atoms with E-state index in [0.29, 0.717) is 19.6 Å². The Morgan fingerprint density at radius 1 is 1.16 bits per heavy atom. The lowest BCUT2D eigenvalue weighted by Crippen LogP contribution is -2.35. The van der Waals surface area contributed by atoms with Crippen LogP contribution in [-0.4, -0.2) is 66.0 Å². The van der Waals surface area contributed by atoms with Gasteiger partial charge in [-0.15, -0.1) is 0 Å². The second-order valence-electron chi connectivity index (χ2n) is 9.09. The first-order chi connectivity index (χ1) is 18.1. The molecule has 0 bridgehead atoms. The number of H-pyrrole nitrogens is 1. The topological polar surface area (TPSA) is 116 Å². The summed E-state index contributed by atoms with van der Waals surface area (Å²) in [5.41, 5.74) is 5.90. The van der Waals surface area contributed by atoms with Gasteiger partial charge in [-0.05, 0) is 48.1 Å². The van der Waals surface area contributed by atoms with Crippen molar-refractivity contribution in [3.8, 4) is 0 Å². The Kier molecular flexibility index (Phi) is 9.70. The van der Waals surface area contributed by atoms with Crippen molar-refractivity contribution in [2.45, 2.75) is 31.9 Å². The van der Waals surface area contributed by atoms with Crippen molar-refractivity contribution < 1.29 is 24.3 Å². The predicted molar refractivity (Wildman–Crippen MR) is 141 cm³/mol. The number of fused-ring (bicyclic) bond motifs is 1. The number of amides is 2. The van der Waals surface area contributed by atoms with E-state index >= 15 is 0 Å². The number of hydrogen-bond acceptors (Lipinski definition) is 6. The molecular formula is C28H34N4O5.